The van der Waals surface area contributed by atoms with E-state index >= 15 is 0 Å². The molecular weight excluding hydrogens is 257 g/mol. The maximum Gasteiger partial charge on any atom is 0.244 e. The summed E-state index contributed by atoms with van der Waals surface area (Å²) in [6.07, 6.45) is 0.615. The lowest BCUT2D eigenvalue weighted by molar-refractivity contribution is 0.397. The molecule has 4 nitrogen and oxygen atoms in total. The Morgan fingerprint density at radius 2 is 2.00 bits per heavy atom. The van der Waals surface area contributed by atoms with Crippen LogP contribution in [0.4, 0.5) is 4.39 Å². The van der Waals surface area contributed by atoms with Crippen LogP contribution >= 0.6 is 0 Å². The van der Waals surface area contributed by atoms with Crippen molar-refractivity contribution in [2.24, 2.45) is 0 Å². The molecule has 0 heterocycles. The van der Waals surface area contributed by atoms with Gasteiger partial charge < -0.3 is 4.74 Å². The number of methoxy groups -OCH3 is 1. The van der Waals surface area contributed by atoms with Crippen molar-refractivity contribution in [3.63, 3.8) is 0 Å². The molecule has 1 rings (SSSR count). The van der Waals surface area contributed by atoms with Crippen LogP contribution in [-0.2, 0) is 10.0 Å². The van der Waals surface area contributed by atoms with E-state index in [1.165, 1.54) is 13.2 Å². The first kappa shape index (κ1) is 14.9. The summed E-state index contributed by atoms with van der Waals surface area (Å²) in [6.45, 7) is 5.39. The number of hydrogen-bond acceptors (Lipinski definition) is 3. The second-order valence-corrected chi connectivity index (χ2v) is 6.29. The van der Waals surface area contributed by atoms with E-state index in [4.69, 9.17) is 4.74 Å². The third-order valence-corrected chi connectivity index (χ3v) is 4.43. The monoisotopic (exact) mass is 275 g/mol. The predicted molar refractivity (Wildman–Crippen MR) is 67.6 cm³/mol. The molecule has 0 aliphatic rings. The van der Waals surface area contributed by atoms with Gasteiger partial charge in [0.1, 0.15) is 16.5 Å². The number of hydrogen-bond donors (Lipinski definition) is 1. The van der Waals surface area contributed by atoms with Crippen LogP contribution in [0.5, 0.6) is 5.75 Å². The zero-order chi connectivity index (χ0) is 14.0. The van der Waals surface area contributed by atoms with Gasteiger partial charge in [0.05, 0.1) is 7.11 Å². The fraction of sp³-hybridized carbons (Fsp3) is 0.500. The van der Waals surface area contributed by atoms with E-state index in [0.717, 1.165) is 12.1 Å². The summed E-state index contributed by atoms with van der Waals surface area (Å²) in [5.41, 5.74) is -0.601. The predicted octanol–water partition coefficient (Wildman–Crippen LogP) is 2.30. The summed E-state index contributed by atoms with van der Waals surface area (Å²) in [5.74, 6) is -0.499. The lowest BCUT2D eigenvalue weighted by Crippen LogP contribution is -2.42. The van der Waals surface area contributed by atoms with Crippen molar-refractivity contribution < 1.29 is 17.5 Å². The first-order chi connectivity index (χ1) is 8.22. The minimum Gasteiger partial charge on any atom is -0.495 e. The second-order valence-electron chi connectivity index (χ2n) is 4.64. The molecule has 102 valence electrons. The molecule has 0 unspecified atom stereocenters. The first-order valence-electron chi connectivity index (χ1n) is 5.59. The molecule has 0 atom stereocenters. The zero-order valence-corrected chi connectivity index (χ0v) is 11.8. The summed E-state index contributed by atoms with van der Waals surface area (Å²) < 4.78 is 45.0. The van der Waals surface area contributed by atoms with E-state index in [9.17, 15) is 12.8 Å². The Morgan fingerprint density at radius 1 is 1.39 bits per heavy atom. The van der Waals surface area contributed by atoms with Gasteiger partial charge in [0.2, 0.25) is 10.0 Å². The van der Waals surface area contributed by atoms with Crippen LogP contribution in [0.15, 0.2) is 23.1 Å². The Morgan fingerprint density at radius 3 is 2.50 bits per heavy atom. The normalized spacial score (nSPS) is 12.5. The quantitative estimate of drug-likeness (QED) is 0.897. The Balaban J connectivity index is 3.24. The number of sulfonamides is 1. The first-order valence-corrected chi connectivity index (χ1v) is 7.07. The van der Waals surface area contributed by atoms with Gasteiger partial charge in [-0.05, 0) is 38.5 Å². The topological polar surface area (TPSA) is 55.4 Å². The van der Waals surface area contributed by atoms with E-state index in [2.05, 4.69) is 4.72 Å². The van der Waals surface area contributed by atoms with Gasteiger partial charge in [-0.25, -0.2) is 17.5 Å². The van der Waals surface area contributed by atoms with Crippen molar-refractivity contribution >= 4 is 10.0 Å². The second kappa shape index (κ2) is 5.24. The van der Waals surface area contributed by atoms with Crippen LogP contribution < -0.4 is 9.46 Å². The SMILES string of the molecule is CCC(C)(C)NS(=O)(=O)c1cc(F)ccc1OC. The number of benzene rings is 1. The van der Waals surface area contributed by atoms with Gasteiger partial charge in [-0.2, -0.15) is 0 Å². The molecule has 0 spiro atoms. The molecule has 0 bridgehead atoms. The third-order valence-electron chi connectivity index (χ3n) is 2.71. The highest BCUT2D eigenvalue weighted by molar-refractivity contribution is 7.89. The van der Waals surface area contributed by atoms with Crippen molar-refractivity contribution in [2.75, 3.05) is 7.11 Å². The molecule has 0 amide bonds. The highest BCUT2D eigenvalue weighted by Crippen LogP contribution is 2.25. The summed E-state index contributed by atoms with van der Waals surface area (Å²) in [4.78, 5) is -0.188. The van der Waals surface area contributed by atoms with Crippen molar-refractivity contribution in [2.45, 2.75) is 37.6 Å². The lowest BCUT2D eigenvalue weighted by atomic mass is 10.0. The molecule has 1 aromatic carbocycles. The average Bonchev–Trinajstić information content (AvgIpc) is 2.28. The van der Waals surface area contributed by atoms with E-state index in [-0.39, 0.29) is 10.6 Å². The Labute approximate surface area is 107 Å². The maximum atomic E-state index is 13.2. The van der Waals surface area contributed by atoms with E-state index in [1.807, 2.05) is 6.92 Å². The van der Waals surface area contributed by atoms with Gasteiger partial charge in [0.25, 0.3) is 0 Å². The van der Waals surface area contributed by atoms with Crippen molar-refractivity contribution in [3.8, 4) is 5.75 Å². The standard InChI is InChI=1S/C12H18FNO3S/c1-5-12(2,3)14-18(15,16)11-8-9(13)6-7-10(11)17-4/h6-8,14H,5H2,1-4H3. The average molecular weight is 275 g/mol. The summed E-state index contributed by atoms with van der Waals surface area (Å²) in [5, 5.41) is 0. The van der Waals surface area contributed by atoms with Crippen molar-refractivity contribution in [1.82, 2.24) is 4.72 Å². The molecule has 0 saturated heterocycles. The molecule has 1 aromatic rings. The van der Waals surface area contributed by atoms with Crippen LogP contribution in [0, 0.1) is 5.82 Å². The molecule has 0 fully saturated rings. The fourth-order valence-electron chi connectivity index (χ4n) is 1.35. The van der Waals surface area contributed by atoms with Crippen LogP contribution in [0.3, 0.4) is 0 Å². The van der Waals surface area contributed by atoms with E-state index in [0.29, 0.717) is 6.42 Å². The van der Waals surface area contributed by atoms with Gasteiger partial charge in [-0.15, -0.1) is 0 Å². The summed E-state index contributed by atoms with van der Waals surface area (Å²) >= 11 is 0. The van der Waals surface area contributed by atoms with Gasteiger partial charge in [-0.1, -0.05) is 6.92 Å². The van der Waals surface area contributed by atoms with Gasteiger partial charge >= 0.3 is 0 Å². The fourth-order valence-corrected chi connectivity index (χ4v) is 3.02. The smallest absolute Gasteiger partial charge is 0.244 e. The Kier molecular flexibility index (Phi) is 4.34. The number of halogens is 1. The highest BCUT2D eigenvalue weighted by atomic mass is 32.2. The van der Waals surface area contributed by atoms with Gasteiger partial charge in [0.15, 0.2) is 0 Å². The summed E-state index contributed by atoms with van der Waals surface area (Å²) in [6, 6.07) is 3.40. The molecule has 6 heteroatoms. The van der Waals surface area contributed by atoms with Crippen LogP contribution in [0.1, 0.15) is 27.2 Å². The largest absolute Gasteiger partial charge is 0.495 e. The molecule has 0 aromatic heterocycles. The number of nitrogens with one attached hydrogen (secondary N) is 1. The van der Waals surface area contributed by atoms with Gasteiger partial charge in [0, 0.05) is 5.54 Å². The Bertz CT molecular complexity index is 526. The summed E-state index contributed by atoms with van der Waals surface area (Å²) in [7, 11) is -2.47. The van der Waals surface area contributed by atoms with E-state index < -0.39 is 21.4 Å². The minimum atomic E-state index is -3.81. The maximum absolute atomic E-state index is 13.2. The molecule has 18 heavy (non-hydrogen) atoms. The molecule has 0 aliphatic heterocycles. The lowest BCUT2D eigenvalue weighted by Gasteiger charge is -2.24. The number of ether oxygens (including phenoxy) is 1. The molecule has 1 N–H and O–H groups in total. The van der Waals surface area contributed by atoms with Crippen LogP contribution in [0.2, 0.25) is 0 Å². The molecule has 0 radical (unpaired) electrons. The van der Waals surface area contributed by atoms with E-state index in [1.54, 1.807) is 13.8 Å². The van der Waals surface area contributed by atoms with Crippen LogP contribution in [-0.4, -0.2) is 21.1 Å². The van der Waals surface area contributed by atoms with Crippen molar-refractivity contribution in [3.05, 3.63) is 24.0 Å². The Hall–Kier alpha value is -1.14. The zero-order valence-electron chi connectivity index (χ0n) is 11.0. The van der Waals surface area contributed by atoms with Crippen molar-refractivity contribution in [1.29, 1.82) is 0 Å². The molecular formula is C12H18FNO3S. The third kappa shape index (κ3) is 3.43. The van der Waals surface area contributed by atoms with Crippen LogP contribution in [0.25, 0.3) is 0 Å². The molecule has 0 saturated carbocycles. The number of rotatable bonds is 5. The minimum absolute atomic E-state index is 0.121. The van der Waals surface area contributed by atoms with Gasteiger partial charge in [-0.3, -0.25) is 0 Å². The highest BCUT2D eigenvalue weighted by Gasteiger charge is 2.27. The molecule has 0 aliphatic carbocycles.